The molecule has 3 aromatic rings. The molecule has 0 radical (unpaired) electrons. The molecule has 0 aliphatic carbocycles. The second-order valence-corrected chi connectivity index (χ2v) is 9.27. The number of hydrogen-bond donors (Lipinski definition) is 1. The third-order valence-corrected chi connectivity index (χ3v) is 7.39. The molecule has 2 aliphatic heterocycles. The summed E-state index contributed by atoms with van der Waals surface area (Å²) in [5.74, 6) is -0.110. The first-order valence-corrected chi connectivity index (χ1v) is 11.6. The number of carbonyl (C=O) groups excluding carboxylic acids is 2. The maximum absolute atomic E-state index is 14.4. The van der Waals surface area contributed by atoms with E-state index in [1.165, 1.54) is 51.9 Å². The van der Waals surface area contributed by atoms with E-state index in [0.29, 0.717) is 40.5 Å². The van der Waals surface area contributed by atoms with E-state index in [9.17, 15) is 18.4 Å². The zero-order chi connectivity index (χ0) is 23.9. The average molecular weight is 482 g/mol. The summed E-state index contributed by atoms with van der Waals surface area (Å²) in [5.41, 5.74) is 2.06. The van der Waals surface area contributed by atoms with E-state index in [1.807, 2.05) is 0 Å². The number of urea groups is 1. The summed E-state index contributed by atoms with van der Waals surface area (Å²) in [4.78, 5) is 28.8. The van der Waals surface area contributed by atoms with Crippen molar-refractivity contribution in [1.82, 2.24) is 4.90 Å². The van der Waals surface area contributed by atoms with Crippen molar-refractivity contribution in [3.63, 3.8) is 0 Å². The molecule has 2 aliphatic rings. The topological polar surface area (TPSA) is 61.9 Å². The van der Waals surface area contributed by atoms with E-state index < -0.39 is 22.5 Å². The predicted molar refractivity (Wildman–Crippen MR) is 127 cm³/mol. The van der Waals surface area contributed by atoms with Crippen LogP contribution in [0.2, 0.25) is 0 Å². The van der Waals surface area contributed by atoms with E-state index in [2.05, 4.69) is 5.32 Å². The van der Waals surface area contributed by atoms with Crippen LogP contribution in [0.4, 0.5) is 25.0 Å². The van der Waals surface area contributed by atoms with Gasteiger partial charge in [-0.3, -0.25) is 9.69 Å². The highest BCUT2D eigenvalue weighted by molar-refractivity contribution is 8.01. The summed E-state index contributed by atoms with van der Waals surface area (Å²) < 4.78 is 33.3. The molecular weight excluding hydrogens is 460 g/mol. The SMILES string of the molecule is COc1ccc(NC(=O)N2CCSC23C(=O)N(Cc2cccc(F)c2)c2ccc(F)cc23)cc1. The maximum Gasteiger partial charge on any atom is 0.323 e. The molecule has 3 amide bonds. The van der Waals surface area contributed by atoms with Crippen molar-refractivity contribution < 1.29 is 23.1 Å². The van der Waals surface area contributed by atoms with Gasteiger partial charge in [-0.2, -0.15) is 0 Å². The van der Waals surface area contributed by atoms with Gasteiger partial charge in [-0.05, 0) is 60.2 Å². The third-order valence-electron chi connectivity index (χ3n) is 5.97. The summed E-state index contributed by atoms with van der Waals surface area (Å²) in [6, 6.07) is 16.5. The zero-order valence-corrected chi connectivity index (χ0v) is 19.1. The number of halogens is 2. The Morgan fingerprint density at radius 1 is 1.09 bits per heavy atom. The molecule has 34 heavy (non-hydrogen) atoms. The summed E-state index contributed by atoms with van der Waals surface area (Å²) in [5, 5.41) is 2.83. The fraction of sp³-hybridized carbons (Fsp3) is 0.200. The van der Waals surface area contributed by atoms with Crippen molar-refractivity contribution in [2.24, 2.45) is 0 Å². The van der Waals surface area contributed by atoms with Crippen LogP contribution in [-0.2, 0) is 16.2 Å². The largest absolute Gasteiger partial charge is 0.497 e. The van der Waals surface area contributed by atoms with Crippen molar-refractivity contribution in [3.8, 4) is 5.75 Å². The lowest BCUT2D eigenvalue weighted by molar-refractivity contribution is -0.123. The van der Waals surface area contributed by atoms with E-state index >= 15 is 0 Å². The molecule has 2 heterocycles. The Morgan fingerprint density at radius 2 is 1.85 bits per heavy atom. The fourth-order valence-electron chi connectivity index (χ4n) is 4.43. The van der Waals surface area contributed by atoms with Crippen LogP contribution in [0.15, 0.2) is 66.7 Å². The van der Waals surface area contributed by atoms with Gasteiger partial charge in [0.05, 0.1) is 19.3 Å². The van der Waals surface area contributed by atoms with Gasteiger partial charge in [-0.25, -0.2) is 13.6 Å². The van der Waals surface area contributed by atoms with Crippen molar-refractivity contribution in [2.75, 3.05) is 29.6 Å². The number of thioether (sulfide) groups is 1. The minimum absolute atomic E-state index is 0.103. The van der Waals surface area contributed by atoms with Crippen LogP contribution in [-0.4, -0.2) is 36.2 Å². The van der Waals surface area contributed by atoms with Crippen LogP contribution < -0.4 is 15.0 Å². The summed E-state index contributed by atoms with van der Waals surface area (Å²) in [6.07, 6.45) is 0. The van der Waals surface area contributed by atoms with Gasteiger partial charge in [0.25, 0.3) is 5.91 Å². The molecule has 1 spiro atoms. The number of benzene rings is 3. The van der Waals surface area contributed by atoms with Crippen molar-refractivity contribution in [1.29, 1.82) is 0 Å². The number of methoxy groups -OCH3 is 1. The highest BCUT2D eigenvalue weighted by Gasteiger charge is 2.59. The minimum Gasteiger partial charge on any atom is -0.497 e. The first kappa shape index (κ1) is 22.2. The highest BCUT2D eigenvalue weighted by Crippen LogP contribution is 2.54. The number of rotatable bonds is 4. The van der Waals surface area contributed by atoms with Crippen molar-refractivity contribution in [3.05, 3.63) is 89.5 Å². The zero-order valence-electron chi connectivity index (χ0n) is 18.3. The first-order chi connectivity index (χ1) is 16.4. The van der Waals surface area contributed by atoms with Crippen LogP contribution in [0.1, 0.15) is 11.1 Å². The van der Waals surface area contributed by atoms with Gasteiger partial charge in [0, 0.05) is 23.5 Å². The Morgan fingerprint density at radius 3 is 2.59 bits per heavy atom. The summed E-state index contributed by atoms with van der Waals surface area (Å²) in [7, 11) is 1.55. The Bertz CT molecular complexity index is 1270. The Balaban J connectivity index is 1.50. The lowest BCUT2D eigenvalue weighted by atomic mass is 10.1. The quantitative estimate of drug-likeness (QED) is 0.573. The number of fused-ring (bicyclic) bond motifs is 2. The standard InChI is InChI=1S/C25H21F2N3O3S/c1-33-20-8-6-19(7-9-20)28-24(32)30-11-12-34-25(30)21-14-18(27)5-10-22(21)29(23(25)31)15-16-3-2-4-17(26)13-16/h2-10,13-14H,11-12,15H2,1H3,(H,28,32). The number of ether oxygens (including phenoxy) is 1. The van der Waals surface area contributed by atoms with Gasteiger partial charge in [0.2, 0.25) is 0 Å². The van der Waals surface area contributed by atoms with Gasteiger partial charge in [0.1, 0.15) is 17.4 Å². The van der Waals surface area contributed by atoms with E-state index in [1.54, 1.807) is 43.5 Å². The molecule has 1 atom stereocenters. The molecule has 1 fully saturated rings. The molecule has 1 N–H and O–H groups in total. The lowest BCUT2D eigenvalue weighted by Gasteiger charge is -2.33. The molecule has 1 saturated heterocycles. The third kappa shape index (κ3) is 3.66. The van der Waals surface area contributed by atoms with Crippen LogP contribution in [0.5, 0.6) is 5.75 Å². The number of carbonyl (C=O) groups is 2. The van der Waals surface area contributed by atoms with E-state index in [4.69, 9.17) is 4.74 Å². The smallest absolute Gasteiger partial charge is 0.323 e. The van der Waals surface area contributed by atoms with Crippen LogP contribution in [0.3, 0.4) is 0 Å². The van der Waals surface area contributed by atoms with Crippen LogP contribution in [0.25, 0.3) is 0 Å². The van der Waals surface area contributed by atoms with Crippen LogP contribution in [0, 0.1) is 11.6 Å². The van der Waals surface area contributed by atoms with Gasteiger partial charge in [-0.1, -0.05) is 12.1 Å². The van der Waals surface area contributed by atoms with Crippen molar-refractivity contribution >= 4 is 35.1 Å². The van der Waals surface area contributed by atoms with E-state index in [0.717, 1.165) is 0 Å². The monoisotopic (exact) mass is 481 g/mol. The maximum atomic E-state index is 14.4. The number of amides is 3. The highest BCUT2D eigenvalue weighted by atomic mass is 32.2. The second kappa shape index (κ2) is 8.64. The van der Waals surface area contributed by atoms with Gasteiger partial charge in [-0.15, -0.1) is 11.8 Å². The first-order valence-electron chi connectivity index (χ1n) is 10.7. The number of hydrogen-bond acceptors (Lipinski definition) is 4. The molecule has 6 nitrogen and oxygen atoms in total. The van der Waals surface area contributed by atoms with Crippen molar-refractivity contribution in [2.45, 2.75) is 11.4 Å². The Hall–Kier alpha value is -3.59. The summed E-state index contributed by atoms with van der Waals surface area (Å²) in [6.45, 7) is 0.410. The summed E-state index contributed by atoms with van der Waals surface area (Å²) >= 11 is 1.30. The number of anilines is 2. The Kier molecular flexibility index (Phi) is 5.65. The normalized spacial score (nSPS) is 19.0. The fourth-order valence-corrected chi connectivity index (χ4v) is 5.88. The minimum atomic E-state index is -1.40. The second-order valence-electron chi connectivity index (χ2n) is 7.99. The molecule has 0 saturated carbocycles. The molecule has 0 bridgehead atoms. The number of nitrogens with zero attached hydrogens (tertiary/aromatic N) is 2. The molecule has 5 rings (SSSR count). The van der Waals surface area contributed by atoms with Gasteiger partial charge < -0.3 is 15.0 Å². The van der Waals surface area contributed by atoms with Gasteiger partial charge in [0.15, 0.2) is 4.87 Å². The Labute approximate surface area is 199 Å². The molecular formula is C25H21F2N3O3S. The predicted octanol–water partition coefficient (Wildman–Crippen LogP) is 4.95. The lowest BCUT2D eigenvalue weighted by Crippen LogP contribution is -2.51. The van der Waals surface area contributed by atoms with Gasteiger partial charge >= 0.3 is 6.03 Å². The molecule has 3 aromatic carbocycles. The molecule has 1 unspecified atom stereocenters. The molecule has 9 heteroatoms. The molecule has 0 aromatic heterocycles. The molecule has 174 valence electrons. The number of nitrogens with one attached hydrogen (secondary N) is 1. The van der Waals surface area contributed by atoms with Crippen LogP contribution >= 0.6 is 11.8 Å². The van der Waals surface area contributed by atoms with E-state index in [-0.39, 0.29) is 12.5 Å². The average Bonchev–Trinajstić information content (AvgIpc) is 3.37.